The Labute approximate surface area is 218 Å². The number of nitrogens with zero attached hydrogens (tertiary/aromatic N) is 2. The second-order valence-electron chi connectivity index (χ2n) is 11.0. The number of nitrogens with one attached hydrogen (secondary N) is 1. The number of carbonyl (C=O) groups is 1. The van der Waals surface area contributed by atoms with Crippen molar-refractivity contribution in [2.45, 2.75) is 50.1 Å². The zero-order valence-electron chi connectivity index (χ0n) is 21.8. The minimum Gasteiger partial charge on any atom is -0.497 e. The zero-order chi connectivity index (χ0) is 25.6. The van der Waals surface area contributed by atoms with Crippen LogP contribution >= 0.6 is 0 Å². The molecule has 1 saturated heterocycles. The first-order chi connectivity index (χ1) is 18.0. The molecular weight excluding hydrogens is 466 g/mol. The fraction of sp³-hybridized carbons (Fsp3) is 0.500. The summed E-state index contributed by atoms with van der Waals surface area (Å²) < 4.78 is 10.9. The highest BCUT2D eigenvalue weighted by atomic mass is 16.5. The zero-order valence-corrected chi connectivity index (χ0v) is 21.8. The van der Waals surface area contributed by atoms with Crippen molar-refractivity contribution in [3.8, 4) is 11.5 Å². The number of aliphatic hydroxyl groups excluding tert-OH is 1. The normalized spacial score (nSPS) is 21.6. The number of likely N-dealkylation sites (tertiary alicyclic amines) is 1. The second kappa shape index (κ2) is 9.69. The lowest BCUT2D eigenvalue weighted by atomic mass is 9.68. The third-order valence-electron chi connectivity index (χ3n) is 9.05. The molecule has 3 aliphatic rings. The van der Waals surface area contributed by atoms with Crippen molar-refractivity contribution in [3.05, 3.63) is 59.3 Å². The predicted molar refractivity (Wildman–Crippen MR) is 143 cm³/mol. The molecule has 3 aromatic rings. The van der Waals surface area contributed by atoms with Gasteiger partial charge in [-0.1, -0.05) is 18.6 Å². The number of aromatic nitrogens is 1. The maximum atomic E-state index is 13.0. The van der Waals surface area contributed by atoms with E-state index >= 15 is 0 Å². The molecule has 3 heterocycles. The van der Waals surface area contributed by atoms with Crippen molar-refractivity contribution in [3.63, 3.8) is 0 Å². The molecule has 196 valence electrons. The van der Waals surface area contributed by atoms with Crippen molar-refractivity contribution in [2.75, 3.05) is 40.5 Å². The van der Waals surface area contributed by atoms with Gasteiger partial charge in [-0.2, -0.15) is 0 Å². The number of H-pyrrole nitrogens is 1. The van der Waals surface area contributed by atoms with Gasteiger partial charge in [0.05, 0.1) is 26.9 Å². The van der Waals surface area contributed by atoms with Gasteiger partial charge < -0.3 is 24.5 Å². The van der Waals surface area contributed by atoms with Crippen molar-refractivity contribution >= 4 is 16.8 Å². The van der Waals surface area contributed by atoms with Gasteiger partial charge in [0.15, 0.2) is 0 Å². The quantitative estimate of drug-likeness (QED) is 0.522. The van der Waals surface area contributed by atoms with Gasteiger partial charge in [0, 0.05) is 60.2 Å². The Morgan fingerprint density at radius 3 is 2.38 bits per heavy atom. The van der Waals surface area contributed by atoms with Crippen LogP contribution in [-0.2, 0) is 16.8 Å². The van der Waals surface area contributed by atoms with Gasteiger partial charge >= 0.3 is 0 Å². The van der Waals surface area contributed by atoms with Crippen LogP contribution in [0.25, 0.3) is 10.9 Å². The molecule has 1 saturated carbocycles. The minimum absolute atomic E-state index is 0.0372. The molecular formula is C30H37N3O4. The Morgan fingerprint density at radius 2 is 1.76 bits per heavy atom. The number of benzene rings is 2. The fourth-order valence-electron chi connectivity index (χ4n) is 6.72. The summed E-state index contributed by atoms with van der Waals surface area (Å²) in [5.74, 6) is 2.25. The molecule has 6 rings (SSSR count). The molecule has 1 atom stereocenters. The first-order valence-electron chi connectivity index (χ1n) is 13.5. The van der Waals surface area contributed by atoms with Gasteiger partial charge in [0.25, 0.3) is 0 Å². The number of methoxy groups -OCH3 is 2. The number of rotatable bonds is 6. The Hall–Kier alpha value is -3.03. The molecule has 2 aliphatic heterocycles. The molecule has 2 fully saturated rings. The molecule has 0 radical (unpaired) electrons. The number of hydrogen-bond acceptors (Lipinski definition) is 5. The Morgan fingerprint density at radius 1 is 1.05 bits per heavy atom. The lowest BCUT2D eigenvalue weighted by Crippen LogP contribution is -2.55. The van der Waals surface area contributed by atoms with Crippen LogP contribution < -0.4 is 9.47 Å². The first kappa shape index (κ1) is 24.3. The number of piperidine rings is 1. The maximum absolute atomic E-state index is 13.0. The second-order valence-corrected chi connectivity index (χ2v) is 11.0. The van der Waals surface area contributed by atoms with E-state index in [-0.39, 0.29) is 24.0 Å². The van der Waals surface area contributed by atoms with Gasteiger partial charge in [-0.3, -0.25) is 9.69 Å². The SMILES string of the molecule is COc1ccc(CN2CC3(CCN(C(=O)C4CCC4)CC3)c3c([nH]c4cc(OC)ccc34)C2CO)cc1. The van der Waals surface area contributed by atoms with Crippen LogP contribution in [0.5, 0.6) is 11.5 Å². The van der Waals surface area contributed by atoms with Crippen molar-refractivity contribution in [1.29, 1.82) is 0 Å². The molecule has 2 aromatic carbocycles. The van der Waals surface area contributed by atoms with Gasteiger partial charge in [-0.15, -0.1) is 0 Å². The summed E-state index contributed by atoms with van der Waals surface area (Å²) in [5, 5.41) is 11.8. The number of carbonyl (C=O) groups excluding carboxylic acids is 1. The van der Waals surface area contributed by atoms with E-state index in [0.717, 1.165) is 74.6 Å². The summed E-state index contributed by atoms with van der Waals surface area (Å²) in [6.07, 6.45) is 5.12. The summed E-state index contributed by atoms with van der Waals surface area (Å²) in [5.41, 5.74) is 4.57. The maximum Gasteiger partial charge on any atom is 0.225 e. The number of ether oxygens (including phenoxy) is 2. The van der Waals surface area contributed by atoms with Gasteiger partial charge in [0.1, 0.15) is 11.5 Å². The molecule has 1 aliphatic carbocycles. The Kier molecular flexibility index (Phi) is 6.37. The van der Waals surface area contributed by atoms with Crippen LogP contribution in [0.15, 0.2) is 42.5 Å². The van der Waals surface area contributed by atoms with Crippen molar-refractivity contribution < 1.29 is 19.4 Å². The summed E-state index contributed by atoms with van der Waals surface area (Å²) in [6, 6.07) is 14.3. The molecule has 1 unspecified atom stereocenters. The average Bonchev–Trinajstić information content (AvgIpc) is 3.28. The third-order valence-corrected chi connectivity index (χ3v) is 9.05. The molecule has 2 N–H and O–H groups in total. The predicted octanol–water partition coefficient (Wildman–Crippen LogP) is 4.39. The molecule has 1 aromatic heterocycles. The van der Waals surface area contributed by atoms with E-state index in [4.69, 9.17) is 9.47 Å². The molecule has 1 spiro atoms. The molecule has 7 heteroatoms. The summed E-state index contributed by atoms with van der Waals surface area (Å²) >= 11 is 0. The highest BCUT2D eigenvalue weighted by Gasteiger charge is 2.48. The molecule has 0 bridgehead atoms. The van der Waals surface area contributed by atoms with Crippen LogP contribution in [0.3, 0.4) is 0 Å². The molecule has 1 amide bonds. The monoisotopic (exact) mass is 503 g/mol. The number of aromatic amines is 1. The number of aliphatic hydroxyl groups is 1. The van der Waals surface area contributed by atoms with E-state index in [1.54, 1.807) is 14.2 Å². The highest BCUT2D eigenvalue weighted by Crippen LogP contribution is 2.49. The smallest absolute Gasteiger partial charge is 0.225 e. The average molecular weight is 504 g/mol. The van der Waals surface area contributed by atoms with Crippen molar-refractivity contribution in [1.82, 2.24) is 14.8 Å². The number of amides is 1. The Balaban J connectivity index is 1.37. The highest BCUT2D eigenvalue weighted by molar-refractivity contribution is 5.88. The standard InChI is InChI=1S/C30H37N3O4/c1-36-22-8-6-20(7-9-22)17-33-19-30(12-14-32(15-13-30)29(35)21-4-3-5-21)27-24-11-10-23(37-2)16-25(24)31-28(27)26(33)18-34/h6-11,16,21,26,31,34H,3-5,12-15,17-19H2,1-2H3. The number of hydrogen-bond donors (Lipinski definition) is 2. The van der Waals surface area contributed by atoms with E-state index in [0.29, 0.717) is 5.91 Å². The van der Waals surface area contributed by atoms with E-state index in [1.807, 2.05) is 18.2 Å². The Bertz CT molecular complexity index is 1270. The lowest BCUT2D eigenvalue weighted by molar-refractivity contribution is -0.140. The van der Waals surface area contributed by atoms with Gasteiger partial charge in [-0.25, -0.2) is 0 Å². The van der Waals surface area contributed by atoms with Crippen LogP contribution in [0.4, 0.5) is 0 Å². The largest absolute Gasteiger partial charge is 0.497 e. The topological polar surface area (TPSA) is 78.0 Å². The van der Waals surface area contributed by atoms with Crippen molar-refractivity contribution in [2.24, 2.45) is 5.92 Å². The van der Waals surface area contributed by atoms with Crippen LogP contribution in [0.2, 0.25) is 0 Å². The summed E-state index contributed by atoms with van der Waals surface area (Å²) in [4.78, 5) is 21.3. The number of fused-ring (bicyclic) bond motifs is 4. The molecule has 37 heavy (non-hydrogen) atoms. The van der Waals surface area contributed by atoms with Gasteiger partial charge in [0.2, 0.25) is 5.91 Å². The van der Waals surface area contributed by atoms with E-state index in [2.05, 4.69) is 39.0 Å². The summed E-state index contributed by atoms with van der Waals surface area (Å²) in [6.45, 7) is 3.20. The van der Waals surface area contributed by atoms with Gasteiger partial charge in [-0.05, 0) is 61.1 Å². The van der Waals surface area contributed by atoms with E-state index < -0.39 is 0 Å². The van der Waals surface area contributed by atoms with Crippen LogP contribution in [0, 0.1) is 5.92 Å². The van der Waals surface area contributed by atoms with E-state index in [1.165, 1.54) is 22.9 Å². The minimum atomic E-state index is -0.129. The lowest BCUT2D eigenvalue weighted by Gasteiger charge is -2.50. The summed E-state index contributed by atoms with van der Waals surface area (Å²) in [7, 11) is 3.37. The molecule has 7 nitrogen and oxygen atoms in total. The third kappa shape index (κ3) is 4.18. The first-order valence-corrected chi connectivity index (χ1v) is 13.5. The van der Waals surface area contributed by atoms with Crippen LogP contribution in [0.1, 0.15) is 55.0 Å². The van der Waals surface area contributed by atoms with Crippen LogP contribution in [-0.4, -0.2) is 66.3 Å². The van der Waals surface area contributed by atoms with E-state index in [9.17, 15) is 9.90 Å². The fourth-order valence-corrected chi connectivity index (χ4v) is 6.72.